The number of carbonyl (C=O) groups excluding carboxylic acids is 2. The number of methoxy groups -OCH3 is 1. The van der Waals surface area contributed by atoms with Crippen LogP contribution in [-0.4, -0.2) is 18.9 Å². The molecule has 1 aromatic heterocycles. The van der Waals surface area contributed by atoms with Crippen LogP contribution in [0.1, 0.15) is 21.7 Å². The maximum Gasteiger partial charge on any atom is 0.291 e. The summed E-state index contributed by atoms with van der Waals surface area (Å²) in [4.78, 5) is 24.4. The Bertz CT molecular complexity index is 1110. The molecule has 6 nitrogen and oxygen atoms in total. The number of nitrogens with one attached hydrogen (secondary N) is 2. The zero-order chi connectivity index (χ0) is 21.7. The molecule has 154 valence electrons. The fourth-order valence-corrected chi connectivity index (χ4v) is 3.33. The molecule has 0 unspecified atom stereocenters. The molecule has 0 aliphatic rings. The zero-order valence-corrected chi connectivity index (χ0v) is 17.7. The van der Waals surface area contributed by atoms with Crippen molar-refractivity contribution < 1.29 is 18.7 Å². The standard InChI is InChI=1S/C22H18Cl2N2O4/c1-13-10-16(6-7-18(13)26-22(28)19-4-3-9-30-19)25-20(27)8-5-14-11-15(23)12-17(24)21(14)29-2/h3-12H,1-2H3,(H,25,27)(H,26,28)/b8-5+. The van der Waals surface area contributed by atoms with Crippen molar-refractivity contribution in [3.63, 3.8) is 0 Å². The Morgan fingerprint density at radius 2 is 1.90 bits per heavy atom. The summed E-state index contributed by atoms with van der Waals surface area (Å²) in [5.41, 5.74) is 2.55. The van der Waals surface area contributed by atoms with Crippen LogP contribution in [-0.2, 0) is 4.79 Å². The molecule has 8 heteroatoms. The quantitative estimate of drug-likeness (QED) is 0.470. The molecular weight excluding hydrogens is 427 g/mol. The number of furan rings is 1. The van der Waals surface area contributed by atoms with Crippen LogP contribution in [0, 0.1) is 6.92 Å². The van der Waals surface area contributed by atoms with E-state index in [0.29, 0.717) is 32.7 Å². The topological polar surface area (TPSA) is 80.6 Å². The SMILES string of the molecule is COc1c(Cl)cc(Cl)cc1/C=C/C(=O)Nc1ccc(NC(=O)c2ccco2)c(C)c1. The average molecular weight is 445 g/mol. The van der Waals surface area contributed by atoms with E-state index in [1.54, 1.807) is 48.5 Å². The van der Waals surface area contributed by atoms with Gasteiger partial charge in [-0.1, -0.05) is 23.2 Å². The van der Waals surface area contributed by atoms with Gasteiger partial charge in [0.15, 0.2) is 5.76 Å². The lowest BCUT2D eigenvalue weighted by molar-refractivity contribution is -0.111. The van der Waals surface area contributed by atoms with Gasteiger partial charge in [0, 0.05) is 28.0 Å². The molecule has 3 aromatic rings. The molecule has 0 aliphatic heterocycles. The number of aryl methyl sites for hydroxylation is 1. The summed E-state index contributed by atoms with van der Waals surface area (Å²) in [7, 11) is 1.49. The predicted molar refractivity (Wildman–Crippen MR) is 119 cm³/mol. The van der Waals surface area contributed by atoms with Crippen molar-refractivity contribution in [3.05, 3.63) is 81.7 Å². The highest BCUT2D eigenvalue weighted by molar-refractivity contribution is 6.36. The third-order valence-electron chi connectivity index (χ3n) is 4.14. The van der Waals surface area contributed by atoms with Crippen LogP contribution in [0.25, 0.3) is 6.08 Å². The van der Waals surface area contributed by atoms with Gasteiger partial charge in [0.05, 0.1) is 18.4 Å². The number of ether oxygens (including phenoxy) is 1. The zero-order valence-electron chi connectivity index (χ0n) is 16.2. The summed E-state index contributed by atoms with van der Waals surface area (Å²) in [5, 5.41) is 6.32. The summed E-state index contributed by atoms with van der Waals surface area (Å²) < 4.78 is 10.3. The van der Waals surface area contributed by atoms with Crippen LogP contribution in [0.2, 0.25) is 10.0 Å². The largest absolute Gasteiger partial charge is 0.495 e. The van der Waals surface area contributed by atoms with E-state index in [2.05, 4.69) is 10.6 Å². The lowest BCUT2D eigenvalue weighted by atomic mass is 10.1. The van der Waals surface area contributed by atoms with E-state index in [-0.39, 0.29) is 17.6 Å². The first-order valence-electron chi connectivity index (χ1n) is 8.85. The molecular formula is C22H18Cl2N2O4. The van der Waals surface area contributed by atoms with E-state index in [9.17, 15) is 9.59 Å². The Balaban J connectivity index is 1.68. The Hall–Kier alpha value is -3.22. The second kappa shape index (κ2) is 9.52. The summed E-state index contributed by atoms with van der Waals surface area (Å²) >= 11 is 12.1. The third-order valence-corrected chi connectivity index (χ3v) is 4.64. The van der Waals surface area contributed by atoms with Gasteiger partial charge < -0.3 is 19.8 Å². The van der Waals surface area contributed by atoms with E-state index in [0.717, 1.165) is 5.56 Å². The maximum absolute atomic E-state index is 12.3. The van der Waals surface area contributed by atoms with Gasteiger partial charge in [0.1, 0.15) is 5.75 Å². The van der Waals surface area contributed by atoms with Crippen LogP contribution in [0.3, 0.4) is 0 Å². The third kappa shape index (κ3) is 5.23. The van der Waals surface area contributed by atoms with Gasteiger partial charge in [-0.15, -0.1) is 0 Å². The van der Waals surface area contributed by atoms with E-state index < -0.39 is 0 Å². The van der Waals surface area contributed by atoms with Crippen molar-refractivity contribution in [2.45, 2.75) is 6.92 Å². The van der Waals surface area contributed by atoms with Crippen molar-refractivity contribution >= 4 is 52.5 Å². The minimum atomic E-state index is -0.350. The first-order chi connectivity index (χ1) is 14.4. The first-order valence-corrected chi connectivity index (χ1v) is 9.60. The van der Waals surface area contributed by atoms with E-state index in [4.69, 9.17) is 32.4 Å². The van der Waals surface area contributed by atoms with Crippen molar-refractivity contribution in [2.75, 3.05) is 17.7 Å². The van der Waals surface area contributed by atoms with Gasteiger partial charge >= 0.3 is 0 Å². The van der Waals surface area contributed by atoms with Gasteiger partial charge in [-0.05, 0) is 61.0 Å². The molecule has 3 rings (SSSR count). The Kier molecular flexibility index (Phi) is 6.82. The van der Waals surface area contributed by atoms with Gasteiger partial charge in [-0.3, -0.25) is 9.59 Å². The number of hydrogen-bond donors (Lipinski definition) is 2. The second-order valence-electron chi connectivity index (χ2n) is 6.29. The Labute approximate surface area is 183 Å². The number of benzene rings is 2. The van der Waals surface area contributed by atoms with Crippen molar-refractivity contribution in [1.82, 2.24) is 0 Å². The Morgan fingerprint density at radius 3 is 2.57 bits per heavy atom. The second-order valence-corrected chi connectivity index (χ2v) is 7.14. The van der Waals surface area contributed by atoms with Crippen LogP contribution in [0.5, 0.6) is 5.75 Å². The molecule has 0 radical (unpaired) electrons. The molecule has 0 saturated heterocycles. The number of carbonyl (C=O) groups is 2. The van der Waals surface area contributed by atoms with E-state index >= 15 is 0 Å². The molecule has 30 heavy (non-hydrogen) atoms. The highest BCUT2D eigenvalue weighted by Crippen LogP contribution is 2.33. The van der Waals surface area contributed by atoms with Gasteiger partial charge in [0.2, 0.25) is 5.91 Å². The van der Waals surface area contributed by atoms with E-state index in [1.807, 2.05) is 6.92 Å². The summed E-state index contributed by atoms with van der Waals surface area (Å²) in [6.07, 6.45) is 4.35. The van der Waals surface area contributed by atoms with Crippen LogP contribution < -0.4 is 15.4 Å². The van der Waals surface area contributed by atoms with Gasteiger partial charge in [-0.25, -0.2) is 0 Å². The van der Waals surface area contributed by atoms with Gasteiger partial charge in [-0.2, -0.15) is 0 Å². The lowest BCUT2D eigenvalue weighted by Gasteiger charge is -2.10. The highest BCUT2D eigenvalue weighted by atomic mass is 35.5. The summed E-state index contributed by atoms with van der Waals surface area (Å²) in [6.45, 7) is 1.82. The number of anilines is 2. The maximum atomic E-state index is 12.3. The monoisotopic (exact) mass is 444 g/mol. The van der Waals surface area contributed by atoms with Crippen molar-refractivity contribution in [3.8, 4) is 5.75 Å². The average Bonchev–Trinajstić information content (AvgIpc) is 3.23. The summed E-state index contributed by atoms with van der Waals surface area (Å²) in [6, 6.07) is 11.6. The van der Waals surface area contributed by atoms with E-state index in [1.165, 1.54) is 19.4 Å². The molecule has 0 atom stereocenters. The number of halogens is 2. The molecule has 2 N–H and O–H groups in total. The van der Waals surface area contributed by atoms with Crippen LogP contribution in [0.4, 0.5) is 11.4 Å². The normalized spacial score (nSPS) is 10.8. The van der Waals surface area contributed by atoms with Crippen molar-refractivity contribution in [2.24, 2.45) is 0 Å². The fourth-order valence-electron chi connectivity index (χ4n) is 2.74. The summed E-state index contributed by atoms with van der Waals surface area (Å²) in [5.74, 6) is -0.0528. The molecule has 0 spiro atoms. The minimum absolute atomic E-state index is 0.216. The molecule has 0 fully saturated rings. The first kappa shape index (κ1) is 21.5. The number of amides is 2. The van der Waals surface area contributed by atoms with Crippen LogP contribution in [0.15, 0.2) is 59.2 Å². The smallest absolute Gasteiger partial charge is 0.291 e. The minimum Gasteiger partial charge on any atom is -0.495 e. The number of rotatable bonds is 6. The molecule has 0 bridgehead atoms. The molecule has 2 aromatic carbocycles. The highest BCUT2D eigenvalue weighted by Gasteiger charge is 2.11. The lowest BCUT2D eigenvalue weighted by Crippen LogP contribution is -2.12. The van der Waals surface area contributed by atoms with Crippen molar-refractivity contribution in [1.29, 1.82) is 0 Å². The molecule has 0 saturated carbocycles. The predicted octanol–water partition coefficient (Wildman–Crippen LogP) is 5.81. The van der Waals surface area contributed by atoms with Gasteiger partial charge in [0.25, 0.3) is 5.91 Å². The van der Waals surface area contributed by atoms with Crippen LogP contribution >= 0.6 is 23.2 Å². The molecule has 2 amide bonds. The Morgan fingerprint density at radius 1 is 1.10 bits per heavy atom. The number of hydrogen-bond acceptors (Lipinski definition) is 4. The molecule has 0 aliphatic carbocycles. The molecule has 1 heterocycles. The fraction of sp³-hybridized carbons (Fsp3) is 0.0909.